The van der Waals surface area contributed by atoms with Crippen LogP contribution in [0.5, 0.6) is 5.75 Å². The maximum absolute atomic E-state index is 14.5. The molecule has 12 heteroatoms. The molecule has 4 aromatic rings. The van der Waals surface area contributed by atoms with Crippen LogP contribution in [0.25, 0.3) is 16.8 Å². The van der Waals surface area contributed by atoms with Gasteiger partial charge in [-0.25, -0.2) is 14.6 Å². The third-order valence-electron chi connectivity index (χ3n) is 6.47. The van der Waals surface area contributed by atoms with Crippen molar-refractivity contribution in [1.29, 1.82) is 0 Å². The summed E-state index contributed by atoms with van der Waals surface area (Å²) in [6.07, 6.45) is -3.63. The van der Waals surface area contributed by atoms with Gasteiger partial charge in [0, 0.05) is 5.56 Å². The number of allylic oxidation sites excluding steroid dienone is 1. The molecule has 0 unspecified atom stereocenters. The lowest BCUT2D eigenvalue weighted by atomic mass is 9.90. The number of halogens is 3. The van der Waals surface area contributed by atoms with Gasteiger partial charge in [-0.3, -0.25) is 9.36 Å². The van der Waals surface area contributed by atoms with Crippen molar-refractivity contribution in [2.24, 2.45) is 4.99 Å². The summed E-state index contributed by atoms with van der Waals surface area (Å²) in [5.74, 6) is -2.23. The van der Waals surface area contributed by atoms with Crippen molar-refractivity contribution < 1.29 is 37.3 Å². The van der Waals surface area contributed by atoms with E-state index in [1.54, 1.807) is 36.4 Å². The van der Waals surface area contributed by atoms with Gasteiger partial charge in [0.25, 0.3) is 5.56 Å². The molecule has 0 bridgehead atoms. The average molecular weight is 583 g/mol. The van der Waals surface area contributed by atoms with Crippen LogP contribution < -0.4 is 19.6 Å². The number of alkyl halides is 3. The van der Waals surface area contributed by atoms with Crippen molar-refractivity contribution in [3.8, 4) is 5.75 Å². The van der Waals surface area contributed by atoms with Gasteiger partial charge < -0.3 is 14.6 Å². The fraction of sp³-hybridized carbons (Fsp3) is 0.172. The molecule has 1 aliphatic rings. The molecule has 3 aromatic carbocycles. The maximum atomic E-state index is 14.5. The second kappa shape index (κ2) is 10.7. The molecule has 41 heavy (non-hydrogen) atoms. The van der Waals surface area contributed by atoms with E-state index in [-0.39, 0.29) is 32.8 Å². The van der Waals surface area contributed by atoms with Gasteiger partial charge in [-0.1, -0.05) is 53.8 Å². The number of carbonyl (C=O) groups is 2. The number of benzene rings is 3. The molecule has 0 aliphatic carbocycles. The van der Waals surface area contributed by atoms with Crippen LogP contribution in [-0.4, -0.2) is 41.5 Å². The average Bonchev–Trinajstić information content (AvgIpc) is 3.25. The number of nitrogens with zero attached hydrogens (tertiary/aromatic N) is 2. The van der Waals surface area contributed by atoms with Crippen molar-refractivity contribution in [3.05, 3.63) is 108 Å². The maximum Gasteiger partial charge on any atom is 0.434 e. The number of carbonyl (C=O) groups excluding carboxylic acids is 1. The first-order chi connectivity index (χ1) is 19.5. The molecule has 0 fully saturated rings. The van der Waals surface area contributed by atoms with Gasteiger partial charge in [0.1, 0.15) is 11.8 Å². The molecule has 0 radical (unpaired) electrons. The summed E-state index contributed by atoms with van der Waals surface area (Å²) in [7, 11) is 1.34. The first kappa shape index (κ1) is 27.8. The molecule has 8 nitrogen and oxygen atoms in total. The predicted octanol–water partition coefficient (Wildman–Crippen LogP) is 4.20. The first-order valence-corrected chi connectivity index (χ1v) is 13.1. The Bertz CT molecular complexity index is 1910. The van der Waals surface area contributed by atoms with Crippen LogP contribution in [0, 0.1) is 0 Å². The minimum atomic E-state index is -5.06. The monoisotopic (exact) mass is 582 g/mol. The minimum absolute atomic E-state index is 0.0283. The van der Waals surface area contributed by atoms with Crippen molar-refractivity contribution in [1.82, 2.24) is 4.57 Å². The molecule has 0 spiro atoms. The molecule has 1 aliphatic heterocycles. The fourth-order valence-corrected chi connectivity index (χ4v) is 5.72. The number of hydrogen-bond donors (Lipinski definition) is 1. The van der Waals surface area contributed by atoms with E-state index in [2.05, 4.69) is 4.99 Å². The van der Waals surface area contributed by atoms with E-state index in [4.69, 9.17) is 14.6 Å². The predicted molar refractivity (Wildman–Crippen MR) is 145 cm³/mol. The quantitative estimate of drug-likeness (QED) is 0.342. The molecule has 1 atom stereocenters. The second-order valence-electron chi connectivity index (χ2n) is 8.89. The first-order valence-electron chi connectivity index (χ1n) is 12.2. The van der Waals surface area contributed by atoms with Crippen molar-refractivity contribution in [2.45, 2.75) is 19.1 Å². The molecule has 0 saturated heterocycles. The van der Waals surface area contributed by atoms with Crippen LogP contribution in [-0.2, 0) is 9.53 Å². The number of ether oxygens (including phenoxy) is 2. The van der Waals surface area contributed by atoms with Gasteiger partial charge in [-0.2, -0.15) is 13.2 Å². The molecular weight excluding hydrogens is 561 g/mol. The zero-order valence-electron chi connectivity index (χ0n) is 21.6. The Hall–Kier alpha value is -4.71. The highest BCUT2D eigenvalue weighted by atomic mass is 32.1. The highest BCUT2D eigenvalue weighted by molar-refractivity contribution is 7.07. The largest absolute Gasteiger partial charge is 0.496 e. The topological polar surface area (TPSA) is 107 Å². The van der Waals surface area contributed by atoms with Gasteiger partial charge in [0.15, 0.2) is 10.5 Å². The summed E-state index contributed by atoms with van der Waals surface area (Å²) in [5.41, 5.74) is -2.35. The van der Waals surface area contributed by atoms with Crippen LogP contribution in [0.4, 0.5) is 13.2 Å². The highest BCUT2D eigenvalue weighted by Gasteiger charge is 2.46. The zero-order chi connectivity index (χ0) is 29.5. The summed E-state index contributed by atoms with van der Waals surface area (Å²) in [6, 6.07) is 14.2. The standard InChI is InChI=1S/C29H21F3N2O6S/c1-3-40-27(38)22-23(21-18-7-5-4-6-16(18)12-13-19(21)39-2)34-25(35)20(41-28(34)33-24(22)29(30,31)32)14-15-8-10-17(11-9-15)26(36)37/h4-14,23H,3H2,1-2H3,(H,36,37)/b20-14-/t23-/m0/s1. The molecule has 0 saturated carbocycles. The Morgan fingerprint density at radius 3 is 2.44 bits per heavy atom. The van der Waals surface area contributed by atoms with Crippen LogP contribution in [0.15, 0.2) is 81.7 Å². The molecule has 1 aromatic heterocycles. The van der Waals surface area contributed by atoms with E-state index in [0.717, 1.165) is 4.57 Å². The number of carboxylic acids is 1. The number of carboxylic acid groups (broad SMARTS) is 1. The van der Waals surface area contributed by atoms with Crippen LogP contribution in [0.1, 0.15) is 34.5 Å². The number of aromatic nitrogens is 1. The third-order valence-corrected chi connectivity index (χ3v) is 7.46. The Kier molecular flexibility index (Phi) is 7.26. The van der Waals surface area contributed by atoms with Gasteiger partial charge >= 0.3 is 18.1 Å². The van der Waals surface area contributed by atoms with Crippen molar-refractivity contribution in [2.75, 3.05) is 13.7 Å². The smallest absolute Gasteiger partial charge is 0.434 e. The van der Waals surface area contributed by atoms with Crippen molar-refractivity contribution in [3.63, 3.8) is 0 Å². The van der Waals surface area contributed by atoms with Gasteiger partial charge in [0.2, 0.25) is 0 Å². The van der Waals surface area contributed by atoms with Gasteiger partial charge in [-0.05, 0) is 47.5 Å². The number of aromatic carboxylic acids is 1. The SMILES string of the molecule is CCOC(=O)C1=C(C(F)(F)F)N=c2s/c(=C\c3ccc(C(=O)O)cc3)c(=O)n2[C@H]1c1c(OC)ccc2ccccc12. The second-order valence-corrected chi connectivity index (χ2v) is 9.90. The number of hydrogen-bond acceptors (Lipinski definition) is 7. The van der Waals surface area contributed by atoms with Crippen LogP contribution >= 0.6 is 11.3 Å². The number of esters is 1. The highest BCUT2D eigenvalue weighted by Crippen LogP contribution is 2.43. The molecule has 1 N–H and O–H groups in total. The van der Waals surface area contributed by atoms with E-state index < -0.39 is 41.0 Å². The summed E-state index contributed by atoms with van der Waals surface area (Å²) < 4.78 is 55.2. The Balaban J connectivity index is 1.88. The van der Waals surface area contributed by atoms with E-state index in [0.29, 0.717) is 27.7 Å². The number of rotatable bonds is 6. The normalized spacial score (nSPS) is 15.4. The molecule has 0 amide bonds. The lowest BCUT2D eigenvalue weighted by molar-refractivity contribution is -0.140. The summed E-state index contributed by atoms with van der Waals surface area (Å²) >= 11 is 0.716. The minimum Gasteiger partial charge on any atom is -0.496 e. The molecular formula is C29H21F3N2O6S. The third kappa shape index (κ3) is 5.02. The van der Waals surface area contributed by atoms with E-state index in [1.165, 1.54) is 44.4 Å². The van der Waals surface area contributed by atoms with Crippen LogP contribution in [0.3, 0.4) is 0 Å². The summed E-state index contributed by atoms with van der Waals surface area (Å²) in [4.78, 5) is 41.8. The lowest BCUT2D eigenvalue weighted by Gasteiger charge is -2.28. The molecule has 5 rings (SSSR count). The van der Waals surface area contributed by atoms with E-state index in [1.807, 2.05) is 0 Å². The number of methoxy groups -OCH3 is 1. The molecule has 210 valence electrons. The van der Waals surface area contributed by atoms with Crippen LogP contribution in [0.2, 0.25) is 0 Å². The summed E-state index contributed by atoms with van der Waals surface area (Å²) in [5, 5.41) is 10.3. The Labute approximate surface area is 233 Å². The molecule has 2 heterocycles. The van der Waals surface area contributed by atoms with Crippen molar-refractivity contribution >= 4 is 40.1 Å². The zero-order valence-corrected chi connectivity index (χ0v) is 22.4. The Morgan fingerprint density at radius 2 is 1.80 bits per heavy atom. The lowest BCUT2D eigenvalue weighted by Crippen LogP contribution is -2.41. The number of fused-ring (bicyclic) bond motifs is 2. The fourth-order valence-electron chi connectivity index (χ4n) is 4.72. The Morgan fingerprint density at radius 1 is 1.10 bits per heavy atom. The van der Waals surface area contributed by atoms with E-state index >= 15 is 0 Å². The van der Waals surface area contributed by atoms with Gasteiger partial charge in [0.05, 0.1) is 29.4 Å². The van der Waals surface area contributed by atoms with Gasteiger partial charge in [-0.15, -0.1) is 0 Å². The van der Waals surface area contributed by atoms with E-state index in [9.17, 15) is 27.6 Å². The number of thiazole rings is 1. The summed E-state index contributed by atoms with van der Waals surface area (Å²) in [6.45, 7) is 1.26.